The van der Waals surface area contributed by atoms with Crippen molar-refractivity contribution in [2.45, 2.75) is 63.3 Å². The number of likely N-dealkylation sites (tertiary alicyclic amines) is 1. The van der Waals surface area contributed by atoms with E-state index in [0.29, 0.717) is 58.4 Å². The van der Waals surface area contributed by atoms with Crippen LogP contribution in [0, 0.1) is 25.7 Å². The number of hydrogen-bond acceptors (Lipinski definition) is 9. The van der Waals surface area contributed by atoms with Crippen molar-refractivity contribution in [3.05, 3.63) is 63.9 Å². The number of nitrogens with one attached hydrogen (secondary N) is 1. The Balaban J connectivity index is 1.21. The van der Waals surface area contributed by atoms with Crippen LogP contribution in [0.25, 0.3) is 22.0 Å². The lowest BCUT2D eigenvalue weighted by Gasteiger charge is -2.41. The first-order valence-electron chi connectivity index (χ1n) is 16.6. The van der Waals surface area contributed by atoms with Gasteiger partial charge in [0.05, 0.1) is 16.2 Å². The Morgan fingerprint density at radius 2 is 1.88 bits per heavy atom. The molecular formula is C35H38BrIN8O4. The summed E-state index contributed by atoms with van der Waals surface area (Å²) >= 11 is 5.77. The van der Waals surface area contributed by atoms with E-state index in [4.69, 9.17) is 4.74 Å². The highest BCUT2D eigenvalue weighted by atomic mass is 127. The highest BCUT2D eigenvalue weighted by Crippen LogP contribution is 2.38. The molecule has 7 heterocycles. The fourth-order valence-corrected chi connectivity index (χ4v) is 8.85. The molecule has 256 valence electrons. The van der Waals surface area contributed by atoms with Crippen molar-refractivity contribution in [3.8, 4) is 11.1 Å². The molecular weight excluding hydrogens is 803 g/mol. The van der Waals surface area contributed by atoms with E-state index >= 15 is 0 Å². The van der Waals surface area contributed by atoms with Gasteiger partial charge in [-0.3, -0.25) is 19.1 Å². The lowest BCUT2D eigenvalue weighted by atomic mass is 9.93. The predicted octanol–water partition coefficient (Wildman–Crippen LogP) is 5.33. The largest absolute Gasteiger partial charge is 0.377 e. The molecule has 14 heteroatoms. The van der Waals surface area contributed by atoms with Gasteiger partial charge in [-0.2, -0.15) is 5.10 Å². The number of nitrogens with zero attached hydrogens (tertiary/aromatic N) is 7. The van der Waals surface area contributed by atoms with Crippen molar-refractivity contribution in [2.24, 2.45) is 11.8 Å². The Bertz CT molecular complexity index is 1930. The number of aryl methyl sites for hydroxylation is 2. The average molecular weight is 842 g/mol. The zero-order valence-corrected chi connectivity index (χ0v) is 31.4. The quantitative estimate of drug-likeness (QED) is 0.0952. The molecule has 4 bridgehead atoms. The van der Waals surface area contributed by atoms with Crippen molar-refractivity contribution < 1.29 is 19.1 Å². The van der Waals surface area contributed by atoms with Gasteiger partial charge in [-0.05, 0) is 84.3 Å². The Kier molecular flexibility index (Phi) is 9.83. The van der Waals surface area contributed by atoms with Gasteiger partial charge in [-0.15, -0.1) is 0 Å². The van der Waals surface area contributed by atoms with Gasteiger partial charge in [0.2, 0.25) is 11.8 Å². The first-order valence-corrected chi connectivity index (χ1v) is 18.6. The second-order valence-electron chi connectivity index (χ2n) is 13.4. The summed E-state index contributed by atoms with van der Waals surface area (Å²) in [7, 11) is 0. The summed E-state index contributed by atoms with van der Waals surface area (Å²) in [6.07, 6.45) is 6.15. The maximum absolute atomic E-state index is 14.4. The molecule has 0 radical (unpaired) electrons. The maximum atomic E-state index is 14.4. The van der Waals surface area contributed by atoms with Crippen molar-refractivity contribution in [2.75, 3.05) is 31.6 Å². The molecule has 4 aromatic rings. The van der Waals surface area contributed by atoms with Gasteiger partial charge in [0, 0.05) is 68.0 Å². The minimum atomic E-state index is -0.706. The van der Waals surface area contributed by atoms with Crippen LogP contribution in [0.3, 0.4) is 0 Å². The molecule has 1 aromatic carbocycles. The van der Waals surface area contributed by atoms with E-state index in [1.54, 1.807) is 22.0 Å². The molecule has 12 nitrogen and oxygen atoms in total. The molecule has 4 aliphatic rings. The highest BCUT2D eigenvalue weighted by molar-refractivity contribution is 14.1. The topological polar surface area (TPSA) is 135 Å². The Morgan fingerprint density at radius 1 is 1.10 bits per heavy atom. The van der Waals surface area contributed by atoms with E-state index in [1.807, 2.05) is 38.1 Å². The van der Waals surface area contributed by atoms with E-state index < -0.39 is 6.04 Å². The van der Waals surface area contributed by atoms with Crippen LogP contribution in [-0.4, -0.2) is 88.5 Å². The molecule has 3 atom stereocenters. The predicted molar refractivity (Wildman–Crippen MR) is 196 cm³/mol. The minimum Gasteiger partial charge on any atom is -0.377 e. The van der Waals surface area contributed by atoms with Gasteiger partial charge in [0.1, 0.15) is 34.5 Å². The Morgan fingerprint density at radius 3 is 2.63 bits per heavy atom. The minimum absolute atomic E-state index is 0.107. The fraction of sp³-hybridized carbons (Fsp3) is 0.457. The van der Waals surface area contributed by atoms with Crippen LogP contribution in [0.5, 0.6) is 0 Å². The maximum Gasteiger partial charge on any atom is 0.248 e. The second-order valence-corrected chi connectivity index (χ2v) is 15.5. The zero-order valence-electron chi connectivity index (χ0n) is 27.7. The van der Waals surface area contributed by atoms with Gasteiger partial charge < -0.3 is 19.9 Å². The van der Waals surface area contributed by atoms with Crippen molar-refractivity contribution in [1.29, 1.82) is 0 Å². The number of hydrogen-bond donors (Lipinski definition) is 1. The van der Waals surface area contributed by atoms with Crippen molar-refractivity contribution in [1.82, 2.24) is 34.5 Å². The summed E-state index contributed by atoms with van der Waals surface area (Å²) in [6.45, 7) is 8.98. The van der Waals surface area contributed by atoms with Gasteiger partial charge in [-0.25, -0.2) is 15.0 Å². The Hall–Kier alpha value is -3.34. The number of carbonyl (C=O) groups is 3. The van der Waals surface area contributed by atoms with Crippen LogP contribution in [0.4, 0.5) is 5.82 Å². The lowest BCUT2D eigenvalue weighted by molar-refractivity contribution is -0.137. The number of amides is 2. The van der Waals surface area contributed by atoms with E-state index in [0.717, 1.165) is 54.7 Å². The number of anilines is 1. The summed E-state index contributed by atoms with van der Waals surface area (Å²) in [6, 6.07) is 6.93. The van der Waals surface area contributed by atoms with Crippen molar-refractivity contribution >= 4 is 72.8 Å². The summed E-state index contributed by atoms with van der Waals surface area (Å²) in [5, 5.41) is 8.37. The van der Waals surface area contributed by atoms with Crippen LogP contribution < -0.4 is 5.32 Å². The number of halogens is 2. The molecule has 0 saturated carbocycles. The number of alkyl halides is 1. The van der Waals surface area contributed by atoms with Crippen LogP contribution in [-0.2, 0) is 27.5 Å². The van der Waals surface area contributed by atoms with Gasteiger partial charge in [0.25, 0.3) is 0 Å². The van der Waals surface area contributed by atoms with E-state index in [2.05, 4.69) is 68.8 Å². The molecule has 8 rings (SSSR count). The number of ether oxygens (including phenoxy) is 1. The molecule has 4 aliphatic heterocycles. The van der Waals surface area contributed by atoms with Crippen LogP contribution in [0.1, 0.15) is 53.6 Å². The molecule has 0 spiro atoms. The van der Waals surface area contributed by atoms with Gasteiger partial charge in [0.15, 0.2) is 5.78 Å². The van der Waals surface area contributed by atoms with Crippen molar-refractivity contribution in [3.63, 3.8) is 0 Å². The van der Waals surface area contributed by atoms with Crippen LogP contribution >= 0.6 is 38.5 Å². The second kappa shape index (κ2) is 14.1. The number of carbonyl (C=O) groups excluding carboxylic acids is 3. The molecule has 2 amide bonds. The normalized spacial score (nSPS) is 24.3. The number of ketones is 1. The SMILES string of the molecule is CC(=O)c1nn(CC(=O)N2[C@H](I)[C@@H]3C[C@H]2C(=O)Nc2nc(Br)ccc2COCCCC2CN(C2)C3)c2c(C)cc(-c3cnc(C)nc3)cc12. The summed E-state index contributed by atoms with van der Waals surface area (Å²) in [5.74, 6) is 1.12. The van der Waals surface area contributed by atoms with Crippen LogP contribution in [0.2, 0.25) is 0 Å². The van der Waals surface area contributed by atoms with Gasteiger partial charge >= 0.3 is 0 Å². The molecule has 0 unspecified atom stereocenters. The lowest BCUT2D eigenvalue weighted by Crippen LogP contribution is -2.50. The van der Waals surface area contributed by atoms with Crippen LogP contribution in [0.15, 0.2) is 41.3 Å². The molecule has 2 fully saturated rings. The number of rotatable bonds is 4. The third-order valence-corrected chi connectivity index (χ3v) is 11.8. The third kappa shape index (κ3) is 7.01. The molecule has 0 aliphatic carbocycles. The van der Waals surface area contributed by atoms with Gasteiger partial charge in [-0.1, -0.05) is 28.7 Å². The monoisotopic (exact) mass is 840 g/mol. The first-order chi connectivity index (χ1) is 23.5. The average Bonchev–Trinajstić information content (AvgIpc) is 3.57. The number of benzene rings is 1. The first kappa shape index (κ1) is 34.1. The zero-order chi connectivity index (χ0) is 34.4. The number of aromatic nitrogens is 5. The highest BCUT2D eigenvalue weighted by Gasteiger charge is 2.47. The number of pyridine rings is 1. The molecule has 3 aromatic heterocycles. The van der Waals surface area contributed by atoms with E-state index in [9.17, 15) is 14.4 Å². The smallest absolute Gasteiger partial charge is 0.248 e. The third-order valence-electron chi connectivity index (χ3n) is 9.74. The Labute approximate surface area is 306 Å². The van der Waals surface area contributed by atoms with E-state index in [1.165, 1.54) is 6.92 Å². The number of Topliss-reactive ketones (excluding diaryl/α,β-unsaturated/α-hetero) is 1. The summed E-state index contributed by atoms with van der Waals surface area (Å²) in [5.41, 5.74) is 4.32. The molecule has 49 heavy (non-hydrogen) atoms. The number of fused-ring (bicyclic) bond motifs is 6. The molecule has 2 saturated heterocycles. The summed E-state index contributed by atoms with van der Waals surface area (Å²) in [4.78, 5) is 58.7. The fourth-order valence-electron chi connectivity index (χ4n) is 7.32. The summed E-state index contributed by atoms with van der Waals surface area (Å²) < 4.78 is 7.98. The molecule has 1 N–H and O–H groups in total. The van der Waals surface area contributed by atoms with E-state index in [-0.39, 0.29) is 34.1 Å². The standard InChI is InChI=1S/C35H38BrIN8O4/c1-19-9-24(26-12-38-21(3)39-13-26)10-27-31(20(2)46)42-44(32(19)27)17-30(47)45-28-11-25(33(45)37)16-43-14-22(15-43)5-4-8-49-18-23-6-7-29(36)40-34(23)41-35(28)48/h6-7,9-10,12-13,22,25,28,33H,4-5,8,11,14-18H2,1-3H3,(H,40,41,48)/t25-,28+,33+/m1/s1.